The topological polar surface area (TPSA) is 140 Å². The summed E-state index contributed by atoms with van der Waals surface area (Å²) in [6, 6.07) is 4.56. The molecule has 2 N–H and O–H groups in total. The fourth-order valence-electron chi connectivity index (χ4n) is 5.95. The minimum atomic E-state index is -1.99. The van der Waals surface area contributed by atoms with Crippen LogP contribution >= 0.6 is 11.8 Å². The van der Waals surface area contributed by atoms with E-state index in [-0.39, 0.29) is 43.2 Å². The van der Waals surface area contributed by atoms with Crippen LogP contribution in [-0.4, -0.2) is 60.8 Å². The summed E-state index contributed by atoms with van der Waals surface area (Å²) in [5.41, 5.74) is 0.0226. The van der Waals surface area contributed by atoms with Gasteiger partial charge in [0.1, 0.15) is 18.0 Å². The second kappa shape index (κ2) is 10.6. The van der Waals surface area contributed by atoms with Crippen molar-refractivity contribution in [3.8, 4) is 11.4 Å². The molecular weight excluding hydrogens is 591 g/mol. The zero-order valence-corrected chi connectivity index (χ0v) is 25.9. The van der Waals surface area contributed by atoms with Gasteiger partial charge >= 0.3 is 12.1 Å². The van der Waals surface area contributed by atoms with Crippen molar-refractivity contribution in [1.82, 2.24) is 19.8 Å². The SMILES string of the molecule is CC[C@@]1(O)C(=O)OCc2c1cc1n(c2=O)Cc2c-1nc1cc(F)c(C)cc1c2CNC(=O)[C@@H]1SCCN1C(=O)OC(C)(C)C. The molecule has 0 saturated carbocycles. The molecule has 2 atom stereocenters. The number of hydrogen-bond acceptors (Lipinski definition) is 9. The average Bonchev–Trinajstić information content (AvgIpc) is 3.59. The van der Waals surface area contributed by atoms with E-state index >= 15 is 0 Å². The van der Waals surface area contributed by atoms with Gasteiger partial charge in [-0.3, -0.25) is 14.5 Å². The lowest BCUT2D eigenvalue weighted by molar-refractivity contribution is -0.172. The average molecular weight is 625 g/mol. The second-order valence-electron chi connectivity index (χ2n) is 12.3. The van der Waals surface area contributed by atoms with Gasteiger partial charge in [-0.05, 0) is 57.4 Å². The molecule has 0 radical (unpaired) electrons. The molecule has 6 rings (SSSR count). The van der Waals surface area contributed by atoms with E-state index in [0.29, 0.717) is 51.3 Å². The summed E-state index contributed by atoms with van der Waals surface area (Å²) in [6.07, 6.45) is -0.571. The van der Waals surface area contributed by atoms with Gasteiger partial charge in [0.15, 0.2) is 11.0 Å². The van der Waals surface area contributed by atoms with Crippen LogP contribution in [0.15, 0.2) is 23.0 Å². The Hall–Kier alpha value is -3.97. The molecule has 3 aliphatic rings. The van der Waals surface area contributed by atoms with E-state index in [2.05, 4.69) is 5.32 Å². The highest BCUT2D eigenvalue weighted by Gasteiger charge is 2.45. The van der Waals surface area contributed by atoms with Crippen LogP contribution in [0.2, 0.25) is 0 Å². The van der Waals surface area contributed by atoms with Gasteiger partial charge < -0.3 is 24.5 Å². The van der Waals surface area contributed by atoms with Gasteiger partial charge in [-0.15, -0.1) is 11.8 Å². The van der Waals surface area contributed by atoms with Crippen LogP contribution in [0.5, 0.6) is 0 Å². The van der Waals surface area contributed by atoms with Crippen molar-refractivity contribution in [2.75, 3.05) is 12.3 Å². The van der Waals surface area contributed by atoms with E-state index in [1.807, 2.05) is 0 Å². The number of amides is 2. The maximum absolute atomic E-state index is 14.8. The van der Waals surface area contributed by atoms with Crippen molar-refractivity contribution >= 4 is 40.6 Å². The molecule has 3 aliphatic heterocycles. The number of fused-ring (bicyclic) bond motifs is 5. The molecule has 11 nitrogen and oxygen atoms in total. The molecule has 1 saturated heterocycles. The van der Waals surface area contributed by atoms with Gasteiger partial charge in [0.2, 0.25) is 0 Å². The summed E-state index contributed by atoms with van der Waals surface area (Å²) in [7, 11) is 0. The first-order chi connectivity index (χ1) is 20.7. The monoisotopic (exact) mass is 624 g/mol. The molecule has 5 heterocycles. The molecule has 0 bridgehead atoms. The lowest BCUT2D eigenvalue weighted by Gasteiger charge is -2.31. The molecule has 1 fully saturated rings. The van der Waals surface area contributed by atoms with Crippen LogP contribution in [-0.2, 0) is 44.4 Å². The number of thioether (sulfide) groups is 1. The van der Waals surface area contributed by atoms with Crippen LogP contribution in [0.1, 0.15) is 61.9 Å². The van der Waals surface area contributed by atoms with Crippen LogP contribution in [0.25, 0.3) is 22.3 Å². The van der Waals surface area contributed by atoms with Crippen molar-refractivity contribution in [2.45, 2.75) is 77.3 Å². The summed E-state index contributed by atoms with van der Waals surface area (Å²) < 4.78 is 26.9. The van der Waals surface area contributed by atoms with Gasteiger partial charge in [-0.1, -0.05) is 6.92 Å². The molecule has 3 aromatic rings. The number of benzene rings is 1. The van der Waals surface area contributed by atoms with Crippen LogP contribution in [0.3, 0.4) is 0 Å². The van der Waals surface area contributed by atoms with E-state index in [1.165, 1.54) is 27.3 Å². The van der Waals surface area contributed by atoms with E-state index < -0.39 is 40.0 Å². The Balaban J connectivity index is 1.41. The van der Waals surface area contributed by atoms with E-state index in [1.54, 1.807) is 46.8 Å². The number of carbonyl (C=O) groups excluding carboxylic acids is 3. The molecule has 1 aromatic carbocycles. The number of hydrogen-bond donors (Lipinski definition) is 2. The highest BCUT2D eigenvalue weighted by Crippen LogP contribution is 2.40. The number of aryl methyl sites for hydroxylation is 1. The highest BCUT2D eigenvalue weighted by atomic mass is 32.2. The number of pyridine rings is 2. The lowest BCUT2D eigenvalue weighted by Crippen LogP contribution is -2.46. The van der Waals surface area contributed by atoms with Crippen molar-refractivity contribution < 1.29 is 33.4 Å². The Kier molecular flexibility index (Phi) is 7.23. The minimum Gasteiger partial charge on any atom is -0.458 e. The molecular formula is C31H33FN4O7S. The standard InChI is InChI=1S/C31H33FN4O7S/c1-6-31(41)20-10-23-24-18(13-36(23)26(38)19(20)14-42-28(31)39)17(16-9-15(2)21(32)11-22(16)34-24)12-33-25(37)27-35(7-8-44-27)29(40)43-30(3,4)5/h9-11,27,41H,6-8,12-14H2,1-5H3,(H,33,37)/t27-,31-/m0/s1. The molecule has 2 aromatic heterocycles. The highest BCUT2D eigenvalue weighted by molar-refractivity contribution is 8.00. The minimum absolute atomic E-state index is 0.000986. The number of cyclic esters (lactones) is 1. The summed E-state index contributed by atoms with van der Waals surface area (Å²) >= 11 is 1.33. The number of aliphatic hydroxyl groups is 1. The Morgan fingerprint density at radius 1 is 1.25 bits per heavy atom. The van der Waals surface area contributed by atoms with Gasteiger partial charge in [0.05, 0.1) is 29.0 Å². The number of nitrogens with zero attached hydrogens (tertiary/aromatic N) is 3. The van der Waals surface area contributed by atoms with Crippen LogP contribution in [0.4, 0.5) is 9.18 Å². The molecule has 13 heteroatoms. The Morgan fingerprint density at radius 3 is 2.70 bits per heavy atom. The third kappa shape index (κ3) is 4.82. The Bertz CT molecular complexity index is 1820. The van der Waals surface area contributed by atoms with Gasteiger partial charge in [0, 0.05) is 41.4 Å². The number of halogens is 1. The van der Waals surface area contributed by atoms with E-state index in [0.717, 1.165) is 0 Å². The number of nitrogens with one attached hydrogen (secondary N) is 1. The van der Waals surface area contributed by atoms with Gasteiger partial charge in [-0.25, -0.2) is 19.0 Å². The van der Waals surface area contributed by atoms with Gasteiger partial charge in [0.25, 0.3) is 11.5 Å². The Morgan fingerprint density at radius 2 is 2.00 bits per heavy atom. The summed E-state index contributed by atoms with van der Waals surface area (Å²) in [5, 5.41) is 14.0. The first-order valence-corrected chi connectivity index (χ1v) is 15.5. The normalized spacial score (nSPS) is 20.7. The van der Waals surface area contributed by atoms with Crippen LogP contribution < -0.4 is 10.9 Å². The number of aromatic nitrogens is 2. The third-order valence-electron chi connectivity index (χ3n) is 8.27. The molecule has 2 amide bonds. The smallest absolute Gasteiger partial charge is 0.411 e. The largest absolute Gasteiger partial charge is 0.458 e. The van der Waals surface area contributed by atoms with E-state index in [9.17, 15) is 28.7 Å². The second-order valence-corrected chi connectivity index (χ2v) is 13.4. The van der Waals surface area contributed by atoms with Crippen molar-refractivity contribution in [1.29, 1.82) is 0 Å². The zero-order chi connectivity index (χ0) is 31.7. The quantitative estimate of drug-likeness (QED) is 0.327. The number of esters is 1. The number of rotatable bonds is 4. The fraction of sp³-hybridized carbons (Fsp3) is 0.452. The predicted octanol–water partition coefficient (Wildman–Crippen LogP) is 3.45. The van der Waals surface area contributed by atoms with Crippen molar-refractivity contribution in [3.63, 3.8) is 0 Å². The molecule has 0 spiro atoms. The first-order valence-electron chi connectivity index (χ1n) is 14.4. The fourth-order valence-corrected chi connectivity index (χ4v) is 7.08. The maximum Gasteiger partial charge on any atom is 0.411 e. The molecule has 0 unspecified atom stereocenters. The maximum atomic E-state index is 14.8. The van der Waals surface area contributed by atoms with Crippen LogP contribution in [0, 0.1) is 12.7 Å². The summed E-state index contributed by atoms with van der Waals surface area (Å²) in [4.78, 5) is 58.6. The summed E-state index contributed by atoms with van der Waals surface area (Å²) in [5.74, 6) is -1.10. The lowest BCUT2D eigenvalue weighted by atomic mass is 9.86. The van der Waals surface area contributed by atoms with Gasteiger partial charge in [-0.2, -0.15) is 0 Å². The van der Waals surface area contributed by atoms with Crippen molar-refractivity contribution in [3.05, 3.63) is 62.2 Å². The molecule has 232 valence electrons. The number of carbonyl (C=O) groups is 3. The molecule has 0 aliphatic carbocycles. The predicted molar refractivity (Wildman–Crippen MR) is 160 cm³/mol. The zero-order valence-electron chi connectivity index (χ0n) is 25.1. The van der Waals surface area contributed by atoms with E-state index in [4.69, 9.17) is 14.5 Å². The summed E-state index contributed by atoms with van der Waals surface area (Å²) in [6.45, 7) is 8.78. The Labute approximate surface area is 256 Å². The third-order valence-corrected chi connectivity index (χ3v) is 9.47. The van der Waals surface area contributed by atoms with Crippen molar-refractivity contribution in [2.24, 2.45) is 0 Å². The number of ether oxygens (including phenoxy) is 2. The first kappa shape index (κ1) is 30.1. The molecule has 44 heavy (non-hydrogen) atoms.